The fraction of sp³-hybridized carbons (Fsp3) is 0.375. The van der Waals surface area contributed by atoms with E-state index in [1.165, 1.54) is 6.33 Å². The number of aromatic nitrogens is 3. The minimum Gasteiger partial charge on any atom is -0.481 e. The highest BCUT2D eigenvalue weighted by Gasteiger charge is 2.34. The second-order valence-electron chi connectivity index (χ2n) is 5.80. The summed E-state index contributed by atoms with van der Waals surface area (Å²) in [6.07, 6.45) is 5.19. The van der Waals surface area contributed by atoms with Crippen molar-refractivity contribution in [1.82, 2.24) is 20.1 Å². The number of carboxylic acids is 1. The molecule has 7 heteroatoms. The van der Waals surface area contributed by atoms with Gasteiger partial charge in [-0.15, -0.1) is 0 Å². The predicted octanol–water partition coefficient (Wildman–Crippen LogP) is 1.56. The third-order valence-electron chi connectivity index (χ3n) is 4.27. The summed E-state index contributed by atoms with van der Waals surface area (Å²) < 4.78 is 1.63. The Kier molecular flexibility index (Phi) is 4.10. The van der Waals surface area contributed by atoms with Crippen molar-refractivity contribution < 1.29 is 14.7 Å². The average Bonchev–Trinajstić information content (AvgIpc) is 3.18. The Bertz CT molecular complexity index is 727. The van der Waals surface area contributed by atoms with E-state index < -0.39 is 11.9 Å². The molecule has 0 spiro atoms. The molecule has 0 bridgehead atoms. The molecule has 0 radical (unpaired) electrons. The maximum Gasteiger partial charge on any atom is 0.308 e. The second kappa shape index (κ2) is 6.20. The number of nitrogens with one attached hydrogen (secondary N) is 1. The molecule has 1 fully saturated rings. The zero-order chi connectivity index (χ0) is 16.4. The van der Waals surface area contributed by atoms with Crippen LogP contribution in [0.3, 0.4) is 0 Å². The molecule has 2 N–H and O–H groups in total. The van der Waals surface area contributed by atoms with Crippen LogP contribution in [0, 0.1) is 12.8 Å². The number of hydrogen-bond donors (Lipinski definition) is 2. The van der Waals surface area contributed by atoms with Gasteiger partial charge in [-0.3, -0.25) is 9.59 Å². The number of carbonyl (C=O) groups excluding carboxylic acids is 1. The van der Waals surface area contributed by atoms with Gasteiger partial charge in [-0.25, -0.2) is 9.67 Å². The summed E-state index contributed by atoms with van der Waals surface area (Å²) in [6, 6.07) is 5.00. The number of hydrogen-bond acceptors (Lipinski definition) is 4. The van der Waals surface area contributed by atoms with E-state index in [4.69, 9.17) is 0 Å². The van der Waals surface area contributed by atoms with Gasteiger partial charge in [0.1, 0.15) is 12.7 Å². The second-order valence-corrected chi connectivity index (χ2v) is 5.80. The van der Waals surface area contributed by atoms with E-state index in [9.17, 15) is 14.7 Å². The Labute approximate surface area is 133 Å². The number of carboxylic acid groups (broad SMARTS) is 1. The highest BCUT2D eigenvalue weighted by atomic mass is 16.4. The molecule has 1 aromatic heterocycles. The van der Waals surface area contributed by atoms with Crippen LogP contribution in [0.5, 0.6) is 0 Å². The van der Waals surface area contributed by atoms with E-state index in [2.05, 4.69) is 15.4 Å². The molecule has 0 aliphatic heterocycles. The molecule has 1 amide bonds. The molecule has 1 aliphatic rings. The van der Waals surface area contributed by atoms with Crippen molar-refractivity contribution in [3.05, 3.63) is 42.0 Å². The lowest BCUT2D eigenvalue weighted by Gasteiger charge is -2.18. The summed E-state index contributed by atoms with van der Waals surface area (Å²) >= 11 is 0. The van der Waals surface area contributed by atoms with Gasteiger partial charge in [0, 0.05) is 11.6 Å². The van der Waals surface area contributed by atoms with Gasteiger partial charge in [-0.2, -0.15) is 5.10 Å². The normalized spacial score (nSPS) is 20.4. The lowest BCUT2D eigenvalue weighted by molar-refractivity contribution is -0.142. The van der Waals surface area contributed by atoms with Crippen molar-refractivity contribution in [2.24, 2.45) is 5.92 Å². The van der Waals surface area contributed by atoms with E-state index in [-0.39, 0.29) is 11.9 Å². The molecular weight excluding hydrogens is 296 g/mol. The highest BCUT2D eigenvalue weighted by molar-refractivity contribution is 5.95. The number of aliphatic carboxylic acids is 1. The van der Waals surface area contributed by atoms with E-state index in [1.807, 2.05) is 13.0 Å². The Morgan fingerprint density at radius 3 is 2.83 bits per heavy atom. The van der Waals surface area contributed by atoms with Gasteiger partial charge in [0.25, 0.3) is 5.91 Å². The molecular formula is C16H18N4O3. The molecule has 2 aromatic rings. The van der Waals surface area contributed by atoms with Crippen LogP contribution in [-0.4, -0.2) is 37.8 Å². The smallest absolute Gasteiger partial charge is 0.308 e. The van der Waals surface area contributed by atoms with Gasteiger partial charge in [0.2, 0.25) is 0 Å². The van der Waals surface area contributed by atoms with Gasteiger partial charge in [0.15, 0.2) is 0 Å². The number of benzene rings is 1. The first-order valence-electron chi connectivity index (χ1n) is 7.55. The van der Waals surface area contributed by atoms with Crippen molar-refractivity contribution in [3.8, 4) is 5.69 Å². The Balaban J connectivity index is 1.75. The number of rotatable bonds is 4. The molecule has 1 aromatic carbocycles. The van der Waals surface area contributed by atoms with E-state index >= 15 is 0 Å². The van der Waals surface area contributed by atoms with Crippen LogP contribution < -0.4 is 5.32 Å². The molecule has 0 unspecified atom stereocenters. The average molecular weight is 314 g/mol. The summed E-state index contributed by atoms with van der Waals surface area (Å²) in [6.45, 7) is 1.89. The zero-order valence-electron chi connectivity index (χ0n) is 12.8. The van der Waals surface area contributed by atoms with Gasteiger partial charge in [-0.1, -0.05) is 6.42 Å². The Hall–Kier alpha value is -2.70. The molecule has 3 rings (SSSR count). The maximum absolute atomic E-state index is 12.4. The first-order valence-corrected chi connectivity index (χ1v) is 7.55. The van der Waals surface area contributed by atoms with Crippen molar-refractivity contribution in [2.45, 2.75) is 32.2 Å². The largest absolute Gasteiger partial charge is 0.481 e. The highest BCUT2D eigenvalue weighted by Crippen LogP contribution is 2.26. The van der Waals surface area contributed by atoms with E-state index in [1.54, 1.807) is 23.1 Å². The standard InChI is InChI=1S/C16H18N4O3/c1-10-7-11(5-6-14(10)20-9-17-8-18-20)15(21)19-13-4-2-3-12(13)16(22)23/h5-9,12-13H,2-4H2,1H3,(H,19,21)(H,22,23)/t12-,13+/m0/s1. The first-order chi connectivity index (χ1) is 11.1. The molecule has 120 valence electrons. The fourth-order valence-corrected chi connectivity index (χ4v) is 3.07. The van der Waals surface area contributed by atoms with Crippen LogP contribution in [0.2, 0.25) is 0 Å². The summed E-state index contributed by atoms with van der Waals surface area (Å²) in [5.41, 5.74) is 2.26. The maximum atomic E-state index is 12.4. The zero-order valence-corrected chi connectivity index (χ0v) is 12.8. The lowest BCUT2D eigenvalue weighted by Crippen LogP contribution is -2.40. The Morgan fingerprint density at radius 2 is 2.17 bits per heavy atom. The summed E-state index contributed by atoms with van der Waals surface area (Å²) in [5, 5.41) is 16.1. The third kappa shape index (κ3) is 3.08. The summed E-state index contributed by atoms with van der Waals surface area (Å²) in [4.78, 5) is 27.5. The quantitative estimate of drug-likeness (QED) is 0.892. The van der Waals surface area contributed by atoms with Crippen LogP contribution in [0.1, 0.15) is 35.2 Å². The number of carbonyl (C=O) groups is 2. The van der Waals surface area contributed by atoms with Crippen LogP contribution in [-0.2, 0) is 4.79 Å². The summed E-state index contributed by atoms with van der Waals surface area (Å²) in [7, 11) is 0. The molecule has 2 atom stereocenters. The van der Waals surface area contributed by atoms with E-state index in [0.29, 0.717) is 18.4 Å². The molecule has 1 saturated carbocycles. The Morgan fingerprint density at radius 1 is 1.35 bits per heavy atom. The SMILES string of the molecule is Cc1cc(C(=O)N[C@@H]2CCC[C@@H]2C(=O)O)ccc1-n1cncn1. The number of amides is 1. The fourth-order valence-electron chi connectivity index (χ4n) is 3.07. The minimum atomic E-state index is -0.842. The van der Waals surface area contributed by atoms with Gasteiger partial charge < -0.3 is 10.4 Å². The van der Waals surface area contributed by atoms with Crippen molar-refractivity contribution >= 4 is 11.9 Å². The molecule has 1 heterocycles. The van der Waals surface area contributed by atoms with Crippen molar-refractivity contribution in [2.75, 3.05) is 0 Å². The predicted molar refractivity (Wildman–Crippen MR) is 82.3 cm³/mol. The first kappa shape index (κ1) is 15.2. The third-order valence-corrected chi connectivity index (χ3v) is 4.27. The minimum absolute atomic E-state index is 0.239. The molecule has 23 heavy (non-hydrogen) atoms. The van der Waals surface area contributed by atoms with E-state index in [0.717, 1.165) is 17.7 Å². The lowest BCUT2D eigenvalue weighted by atomic mass is 10.0. The van der Waals surface area contributed by atoms with Gasteiger partial charge in [0.05, 0.1) is 11.6 Å². The monoisotopic (exact) mass is 314 g/mol. The van der Waals surface area contributed by atoms with Gasteiger partial charge in [-0.05, 0) is 43.5 Å². The summed E-state index contributed by atoms with van der Waals surface area (Å²) in [5.74, 6) is -1.57. The number of nitrogens with zero attached hydrogens (tertiary/aromatic N) is 3. The van der Waals surface area contributed by atoms with Gasteiger partial charge >= 0.3 is 5.97 Å². The van der Waals surface area contributed by atoms with Crippen molar-refractivity contribution in [3.63, 3.8) is 0 Å². The topological polar surface area (TPSA) is 97.1 Å². The molecule has 0 saturated heterocycles. The van der Waals surface area contributed by atoms with Crippen LogP contribution in [0.25, 0.3) is 5.69 Å². The number of aryl methyl sites for hydroxylation is 1. The van der Waals surface area contributed by atoms with Crippen LogP contribution in [0.4, 0.5) is 0 Å². The van der Waals surface area contributed by atoms with Crippen molar-refractivity contribution in [1.29, 1.82) is 0 Å². The molecule has 1 aliphatic carbocycles. The van der Waals surface area contributed by atoms with Crippen LogP contribution in [0.15, 0.2) is 30.9 Å². The van der Waals surface area contributed by atoms with Crippen LogP contribution >= 0.6 is 0 Å². The molecule has 7 nitrogen and oxygen atoms in total.